The van der Waals surface area contributed by atoms with E-state index in [1.807, 2.05) is 0 Å². The number of hydrogen-bond acceptors (Lipinski definition) is 3. The predicted molar refractivity (Wildman–Crippen MR) is 86.7 cm³/mol. The van der Waals surface area contributed by atoms with Crippen LogP contribution >= 0.6 is 15.9 Å². The number of rotatable bonds is 8. The largest absolute Gasteiger partial charge is 0.383 e. The smallest absolute Gasteiger partial charge is 0.0590 e. The highest BCUT2D eigenvalue weighted by Crippen LogP contribution is 2.38. The molecule has 3 nitrogen and oxygen atoms in total. The maximum atomic E-state index is 6.09. The van der Waals surface area contributed by atoms with Gasteiger partial charge < -0.3 is 10.5 Å². The maximum absolute atomic E-state index is 6.09. The third-order valence-electron chi connectivity index (χ3n) is 4.24. The lowest BCUT2D eigenvalue weighted by Gasteiger charge is -2.36. The number of methoxy groups -OCH3 is 1. The normalized spacial score (nSPS) is 18.2. The Morgan fingerprint density at radius 3 is 2.75 bits per heavy atom. The van der Waals surface area contributed by atoms with Gasteiger partial charge in [0.2, 0.25) is 0 Å². The van der Waals surface area contributed by atoms with Crippen LogP contribution in [0.15, 0.2) is 28.7 Å². The molecule has 1 aliphatic carbocycles. The van der Waals surface area contributed by atoms with E-state index in [1.54, 1.807) is 7.11 Å². The Hall–Kier alpha value is -0.420. The van der Waals surface area contributed by atoms with Gasteiger partial charge in [-0.25, -0.2) is 0 Å². The Kier molecular flexibility index (Phi) is 6.02. The predicted octanol–water partition coefficient (Wildman–Crippen LogP) is 3.20. The van der Waals surface area contributed by atoms with Crippen molar-refractivity contribution in [2.45, 2.75) is 31.8 Å². The molecule has 0 aromatic heterocycles. The molecule has 0 heterocycles. The van der Waals surface area contributed by atoms with Gasteiger partial charge in [-0.15, -0.1) is 0 Å². The van der Waals surface area contributed by atoms with Gasteiger partial charge in [0.25, 0.3) is 0 Å². The zero-order valence-corrected chi connectivity index (χ0v) is 14.0. The van der Waals surface area contributed by atoms with Crippen LogP contribution in [0.5, 0.6) is 0 Å². The monoisotopic (exact) mass is 340 g/mol. The minimum atomic E-state index is 0.262. The van der Waals surface area contributed by atoms with Crippen LogP contribution in [0, 0.1) is 5.92 Å². The number of benzene rings is 1. The second-order valence-electron chi connectivity index (χ2n) is 5.62. The number of hydrogen-bond donors (Lipinski definition) is 1. The van der Waals surface area contributed by atoms with Crippen molar-refractivity contribution in [3.63, 3.8) is 0 Å². The molecule has 4 heteroatoms. The Bertz CT molecular complexity index is 423. The molecule has 2 unspecified atom stereocenters. The summed E-state index contributed by atoms with van der Waals surface area (Å²) in [5.41, 5.74) is 7.37. The van der Waals surface area contributed by atoms with Crippen molar-refractivity contribution >= 4 is 15.9 Å². The summed E-state index contributed by atoms with van der Waals surface area (Å²) in [7, 11) is 1.76. The second kappa shape index (κ2) is 7.55. The zero-order chi connectivity index (χ0) is 14.5. The van der Waals surface area contributed by atoms with E-state index in [9.17, 15) is 0 Å². The third kappa shape index (κ3) is 4.04. The molecule has 1 aliphatic rings. The van der Waals surface area contributed by atoms with E-state index in [0.29, 0.717) is 12.6 Å². The molecule has 20 heavy (non-hydrogen) atoms. The van der Waals surface area contributed by atoms with Gasteiger partial charge in [-0.05, 0) is 43.4 Å². The molecule has 1 fully saturated rings. The molecule has 1 aromatic carbocycles. The zero-order valence-electron chi connectivity index (χ0n) is 12.4. The summed E-state index contributed by atoms with van der Waals surface area (Å²) in [5.74, 6) is 0.827. The number of nitrogens with two attached hydrogens (primary N) is 1. The summed E-state index contributed by atoms with van der Waals surface area (Å²) in [6.07, 6.45) is 2.70. The lowest BCUT2D eigenvalue weighted by Crippen LogP contribution is -2.43. The Morgan fingerprint density at radius 1 is 1.45 bits per heavy atom. The molecule has 0 saturated heterocycles. The number of halogens is 1. The standard InChI is InChI=1S/C16H25BrN2O/c1-12(13-6-7-13)19(8-9-20-2)16(11-18)14-4-3-5-15(17)10-14/h3-5,10,12-13,16H,6-9,11,18H2,1-2H3. The van der Waals surface area contributed by atoms with Crippen molar-refractivity contribution in [2.75, 3.05) is 26.8 Å². The van der Waals surface area contributed by atoms with Crippen molar-refractivity contribution in [1.82, 2.24) is 4.90 Å². The van der Waals surface area contributed by atoms with E-state index >= 15 is 0 Å². The Balaban J connectivity index is 2.18. The molecule has 0 aliphatic heterocycles. The quantitative estimate of drug-likeness (QED) is 0.789. The number of nitrogens with zero attached hydrogens (tertiary/aromatic N) is 1. The number of ether oxygens (including phenoxy) is 1. The lowest BCUT2D eigenvalue weighted by molar-refractivity contribution is 0.0834. The van der Waals surface area contributed by atoms with Crippen LogP contribution in [0.2, 0.25) is 0 Å². The van der Waals surface area contributed by atoms with Gasteiger partial charge >= 0.3 is 0 Å². The van der Waals surface area contributed by atoms with E-state index in [1.165, 1.54) is 18.4 Å². The first-order valence-electron chi connectivity index (χ1n) is 7.37. The summed E-state index contributed by atoms with van der Waals surface area (Å²) in [6, 6.07) is 9.31. The van der Waals surface area contributed by atoms with Crippen molar-refractivity contribution in [3.05, 3.63) is 34.3 Å². The van der Waals surface area contributed by atoms with Crippen molar-refractivity contribution in [1.29, 1.82) is 0 Å². The molecule has 2 rings (SSSR count). The summed E-state index contributed by atoms with van der Waals surface area (Å²) >= 11 is 3.56. The first-order valence-corrected chi connectivity index (χ1v) is 8.17. The van der Waals surface area contributed by atoms with E-state index < -0.39 is 0 Å². The van der Waals surface area contributed by atoms with E-state index in [2.05, 4.69) is 52.0 Å². The van der Waals surface area contributed by atoms with E-state index in [-0.39, 0.29) is 6.04 Å². The summed E-state index contributed by atoms with van der Waals surface area (Å²) in [5, 5.41) is 0. The van der Waals surface area contributed by atoms with Crippen LogP contribution in [0.1, 0.15) is 31.4 Å². The lowest BCUT2D eigenvalue weighted by atomic mass is 10.0. The maximum Gasteiger partial charge on any atom is 0.0590 e. The van der Waals surface area contributed by atoms with Gasteiger partial charge in [0.15, 0.2) is 0 Å². The van der Waals surface area contributed by atoms with Gasteiger partial charge in [0.05, 0.1) is 6.61 Å². The topological polar surface area (TPSA) is 38.5 Å². The highest BCUT2D eigenvalue weighted by Gasteiger charge is 2.35. The van der Waals surface area contributed by atoms with Gasteiger partial charge in [0.1, 0.15) is 0 Å². The van der Waals surface area contributed by atoms with Gasteiger partial charge in [-0.2, -0.15) is 0 Å². The van der Waals surface area contributed by atoms with Gasteiger partial charge in [-0.3, -0.25) is 4.90 Å². The fraction of sp³-hybridized carbons (Fsp3) is 0.625. The van der Waals surface area contributed by atoms with Crippen molar-refractivity contribution in [2.24, 2.45) is 11.7 Å². The first kappa shape index (κ1) is 16.0. The first-order chi connectivity index (χ1) is 9.67. The Morgan fingerprint density at radius 2 is 2.20 bits per heavy atom. The highest BCUT2D eigenvalue weighted by atomic mass is 79.9. The highest BCUT2D eigenvalue weighted by molar-refractivity contribution is 9.10. The van der Waals surface area contributed by atoms with E-state index in [4.69, 9.17) is 10.5 Å². The van der Waals surface area contributed by atoms with Gasteiger partial charge in [0, 0.05) is 36.8 Å². The van der Waals surface area contributed by atoms with Crippen LogP contribution < -0.4 is 5.73 Å². The molecule has 0 radical (unpaired) electrons. The molecule has 112 valence electrons. The van der Waals surface area contributed by atoms with Crippen LogP contribution in [-0.4, -0.2) is 37.7 Å². The molecule has 2 N–H and O–H groups in total. The summed E-state index contributed by atoms with van der Waals surface area (Å²) in [6.45, 7) is 4.65. The van der Waals surface area contributed by atoms with Crippen molar-refractivity contribution in [3.8, 4) is 0 Å². The molecular formula is C16H25BrN2O. The van der Waals surface area contributed by atoms with Crippen LogP contribution in [0.4, 0.5) is 0 Å². The minimum absolute atomic E-state index is 0.262. The molecular weight excluding hydrogens is 316 g/mol. The van der Waals surface area contributed by atoms with Gasteiger partial charge in [-0.1, -0.05) is 28.1 Å². The average molecular weight is 341 g/mol. The Labute approximate surface area is 130 Å². The minimum Gasteiger partial charge on any atom is -0.383 e. The molecule has 0 spiro atoms. The molecule has 1 saturated carbocycles. The summed E-state index contributed by atoms with van der Waals surface area (Å²) in [4.78, 5) is 2.52. The SMILES string of the molecule is COCCN(C(CN)c1cccc(Br)c1)C(C)C1CC1. The molecule has 0 amide bonds. The fourth-order valence-electron chi connectivity index (χ4n) is 2.87. The van der Waals surface area contributed by atoms with Crippen LogP contribution in [0.25, 0.3) is 0 Å². The molecule has 0 bridgehead atoms. The van der Waals surface area contributed by atoms with Crippen molar-refractivity contribution < 1.29 is 4.74 Å². The molecule has 2 atom stereocenters. The summed E-state index contributed by atoms with van der Waals surface area (Å²) < 4.78 is 6.40. The fourth-order valence-corrected chi connectivity index (χ4v) is 3.28. The van der Waals surface area contributed by atoms with Crippen LogP contribution in [-0.2, 0) is 4.74 Å². The van der Waals surface area contributed by atoms with Crippen LogP contribution in [0.3, 0.4) is 0 Å². The second-order valence-corrected chi connectivity index (χ2v) is 6.53. The molecule has 1 aromatic rings. The van der Waals surface area contributed by atoms with E-state index in [0.717, 1.165) is 23.5 Å². The average Bonchev–Trinajstić information content (AvgIpc) is 3.27. The third-order valence-corrected chi connectivity index (χ3v) is 4.73.